The van der Waals surface area contributed by atoms with Crippen LogP contribution in [0.25, 0.3) is 0 Å². The van der Waals surface area contributed by atoms with Crippen molar-refractivity contribution in [3.8, 4) is 0 Å². The number of hydrogen-bond donors (Lipinski definition) is 0. The lowest BCUT2D eigenvalue weighted by atomic mass is 10.1. The molecule has 1 aliphatic rings. The molecule has 0 unspecified atom stereocenters. The van der Waals surface area contributed by atoms with E-state index in [2.05, 4.69) is 14.5 Å². The van der Waals surface area contributed by atoms with Gasteiger partial charge in [-0.3, -0.25) is 4.90 Å². The van der Waals surface area contributed by atoms with Crippen LogP contribution in [0.15, 0.2) is 35.2 Å². The molecule has 19 heavy (non-hydrogen) atoms. The van der Waals surface area contributed by atoms with Crippen LogP contribution in [0.1, 0.15) is 11.6 Å². The van der Waals surface area contributed by atoms with Crippen molar-refractivity contribution in [1.82, 2.24) is 14.5 Å². The molecule has 2 aromatic heterocycles. The second kappa shape index (κ2) is 5.59. The Morgan fingerprint density at radius 1 is 1.47 bits per heavy atom. The molecule has 0 saturated heterocycles. The van der Waals surface area contributed by atoms with Gasteiger partial charge in [0.05, 0.1) is 26.0 Å². The van der Waals surface area contributed by atoms with Gasteiger partial charge in [0.2, 0.25) is 0 Å². The highest BCUT2D eigenvalue weighted by atomic mass is 16.5. The first-order valence-corrected chi connectivity index (χ1v) is 6.59. The fourth-order valence-corrected chi connectivity index (χ4v) is 2.71. The fraction of sp³-hybridized carbons (Fsp3) is 0.500. The maximum atomic E-state index is 5.44. The highest BCUT2D eigenvalue weighted by Crippen LogP contribution is 2.18. The molecule has 0 spiro atoms. The van der Waals surface area contributed by atoms with Crippen LogP contribution in [0.3, 0.4) is 0 Å². The Labute approximate surface area is 112 Å². The number of ether oxygens (including phenoxy) is 1. The van der Waals surface area contributed by atoms with E-state index in [4.69, 9.17) is 9.15 Å². The lowest BCUT2D eigenvalue weighted by Gasteiger charge is -2.22. The van der Waals surface area contributed by atoms with Gasteiger partial charge in [-0.1, -0.05) is 0 Å². The molecule has 0 aliphatic carbocycles. The van der Waals surface area contributed by atoms with Gasteiger partial charge >= 0.3 is 0 Å². The molecule has 1 aliphatic heterocycles. The summed E-state index contributed by atoms with van der Waals surface area (Å²) in [5.41, 5.74) is 0. The zero-order valence-corrected chi connectivity index (χ0v) is 11.2. The van der Waals surface area contributed by atoms with E-state index >= 15 is 0 Å². The first-order valence-electron chi connectivity index (χ1n) is 6.59. The molecular formula is C14H19N3O2. The Bertz CT molecular complexity index is 507. The minimum Gasteiger partial charge on any atom is -0.468 e. The molecule has 1 atom stereocenters. The van der Waals surface area contributed by atoms with Crippen LogP contribution in [-0.4, -0.2) is 34.7 Å². The predicted molar refractivity (Wildman–Crippen MR) is 70.4 cm³/mol. The third kappa shape index (κ3) is 2.88. The normalized spacial score (nSPS) is 20.2. The van der Waals surface area contributed by atoms with Crippen LogP contribution in [0, 0.1) is 5.92 Å². The number of rotatable bonds is 4. The molecular weight excluding hydrogens is 242 g/mol. The van der Waals surface area contributed by atoms with Crippen molar-refractivity contribution in [3.63, 3.8) is 0 Å². The largest absolute Gasteiger partial charge is 0.468 e. The molecule has 3 rings (SSSR count). The van der Waals surface area contributed by atoms with Crippen molar-refractivity contribution in [2.75, 3.05) is 20.3 Å². The summed E-state index contributed by atoms with van der Waals surface area (Å²) in [5, 5.41) is 0. The quantitative estimate of drug-likeness (QED) is 0.841. The van der Waals surface area contributed by atoms with Gasteiger partial charge in [-0.05, 0) is 12.1 Å². The summed E-state index contributed by atoms with van der Waals surface area (Å²) in [6.07, 6.45) is 5.64. The average Bonchev–Trinajstić information content (AvgIpc) is 3.00. The molecule has 102 valence electrons. The summed E-state index contributed by atoms with van der Waals surface area (Å²) in [6, 6.07) is 3.95. The van der Waals surface area contributed by atoms with Crippen molar-refractivity contribution in [2.45, 2.75) is 19.6 Å². The number of hydrogen-bond acceptors (Lipinski definition) is 4. The summed E-state index contributed by atoms with van der Waals surface area (Å²) in [6.45, 7) is 4.41. The van der Waals surface area contributed by atoms with E-state index in [0.29, 0.717) is 5.92 Å². The van der Waals surface area contributed by atoms with Crippen LogP contribution in [0.4, 0.5) is 0 Å². The number of furan rings is 1. The highest BCUT2D eigenvalue weighted by molar-refractivity contribution is 5.00. The van der Waals surface area contributed by atoms with E-state index in [1.165, 1.54) is 0 Å². The molecule has 0 N–H and O–H groups in total. The molecule has 3 heterocycles. The SMILES string of the molecule is COC[C@@H]1CN(Cc2ccco2)Cc2nccn2C1. The first kappa shape index (κ1) is 12.4. The van der Waals surface area contributed by atoms with Crippen LogP contribution in [0.5, 0.6) is 0 Å². The minimum atomic E-state index is 0.482. The van der Waals surface area contributed by atoms with E-state index in [0.717, 1.165) is 44.4 Å². The van der Waals surface area contributed by atoms with Crippen molar-refractivity contribution in [2.24, 2.45) is 5.92 Å². The van der Waals surface area contributed by atoms with Crippen LogP contribution in [-0.2, 0) is 24.4 Å². The zero-order valence-electron chi connectivity index (χ0n) is 11.2. The van der Waals surface area contributed by atoms with E-state index in [1.54, 1.807) is 13.4 Å². The first-order chi connectivity index (χ1) is 9.35. The minimum absolute atomic E-state index is 0.482. The number of methoxy groups -OCH3 is 1. The van der Waals surface area contributed by atoms with E-state index in [1.807, 2.05) is 24.5 Å². The third-order valence-corrected chi connectivity index (χ3v) is 3.50. The summed E-state index contributed by atoms with van der Waals surface area (Å²) >= 11 is 0. The van der Waals surface area contributed by atoms with E-state index in [9.17, 15) is 0 Å². The predicted octanol–water partition coefficient (Wildman–Crippen LogP) is 1.75. The van der Waals surface area contributed by atoms with Crippen LogP contribution < -0.4 is 0 Å². The van der Waals surface area contributed by atoms with Crippen LogP contribution in [0.2, 0.25) is 0 Å². The molecule has 0 saturated carbocycles. The second-order valence-corrected chi connectivity index (χ2v) is 5.07. The molecule has 5 nitrogen and oxygen atoms in total. The Kier molecular flexibility index (Phi) is 3.66. The fourth-order valence-electron chi connectivity index (χ4n) is 2.71. The molecule has 0 bridgehead atoms. The number of fused-ring (bicyclic) bond motifs is 1. The highest BCUT2D eigenvalue weighted by Gasteiger charge is 2.22. The maximum absolute atomic E-state index is 5.44. The molecule has 0 aromatic carbocycles. The van der Waals surface area contributed by atoms with Gasteiger partial charge in [0, 0.05) is 38.5 Å². The number of nitrogens with zero attached hydrogens (tertiary/aromatic N) is 3. The Hall–Kier alpha value is -1.59. The van der Waals surface area contributed by atoms with Crippen molar-refractivity contribution in [3.05, 3.63) is 42.4 Å². The van der Waals surface area contributed by atoms with Crippen molar-refractivity contribution in [1.29, 1.82) is 0 Å². The monoisotopic (exact) mass is 261 g/mol. The maximum Gasteiger partial charge on any atom is 0.122 e. The second-order valence-electron chi connectivity index (χ2n) is 5.07. The van der Waals surface area contributed by atoms with Gasteiger partial charge in [0.15, 0.2) is 0 Å². The third-order valence-electron chi connectivity index (χ3n) is 3.50. The molecule has 2 aromatic rings. The Balaban J connectivity index is 1.76. The standard InChI is InChI=1S/C14H19N3O2/c1-18-11-12-7-16(9-13-3-2-6-19-13)10-14-15-4-5-17(14)8-12/h2-6,12H,7-11H2,1H3/t12-/m1/s1. The van der Waals surface area contributed by atoms with Gasteiger partial charge in [-0.25, -0.2) is 4.98 Å². The Morgan fingerprint density at radius 3 is 3.21 bits per heavy atom. The molecule has 0 radical (unpaired) electrons. The van der Waals surface area contributed by atoms with Gasteiger partial charge in [0.25, 0.3) is 0 Å². The summed E-state index contributed by atoms with van der Waals surface area (Å²) < 4.78 is 13.0. The van der Waals surface area contributed by atoms with Gasteiger partial charge in [0.1, 0.15) is 11.6 Å². The molecule has 5 heteroatoms. The van der Waals surface area contributed by atoms with Crippen LogP contribution >= 0.6 is 0 Å². The summed E-state index contributed by atoms with van der Waals surface area (Å²) in [7, 11) is 1.76. The number of aromatic nitrogens is 2. The summed E-state index contributed by atoms with van der Waals surface area (Å²) in [5.74, 6) is 2.59. The lowest BCUT2D eigenvalue weighted by molar-refractivity contribution is 0.112. The summed E-state index contributed by atoms with van der Waals surface area (Å²) in [4.78, 5) is 6.81. The van der Waals surface area contributed by atoms with Gasteiger partial charge < -0.3 is 13.7 Å². The van der Waals surface area contributed by atoms with Gasteiger partial charge in [-0.2, -0.15) is 0 Å². The topological polar surface area (TPSA) is 43.4 Å². The van der Waals surface area contributed by atoms with E-state index < -0.39 is 0 Å². The van der Waals surface area contributed by atoms with Crippen molar-refractivity contribution >= 4 is 0 Å². The number of imidazole rings is 1. The molecule has 0 fully saturated rings. The lowest BCUT2D eigenvalue weighted by Crippen LogP contribution is -2.29. The van der Waals surface area contributed by atoms with Gasteiger partial charge in [-0.15, -0.1) is 0 Å². The Morgan fingerprint density at radius 2 is 2.42 bits per heavy atom. The molecule has 0 amide bonds. The van der Waals surface area contributed by atoms with E-state index in [-0.39, 0.29) is 0 Å². The zero-order chi connectivity index (χ0) is 13.1. The smallest absolute Gasteiger partial charge is 0.122 e. The van der Waals surface area contributed by atoms with Crippen molar-refractivity contribution < 1.29 is 9.15 Å². The average molecular weight is 261 g/mol.